The summed E-state index contributed by atoms with van der Waals surface area (Å²) in [5.41, 5.74) is 8.49. The molecule has 2 nitrogen and oxygen atoms in total. The quantitative estimate of drug-likeness (QED) is 0.313. The van der Waals surface area contributed by atoms with Crippen molar-refractivity contribution in [2.75, 3.05) is 6.61 Å². The van der Waals surface area contributed by atoms with Crippen molar-refractivity contribution in [3.05, 3.63) is 88.5 Å². The molecule has 3 rings (SSSR count). The number of carbonyl (C=O) groups is 1. The van der Waals surface area contributed by atoms with Gasteiger partial charge in [-0.1, -0.05) is 96.1 Å². The molecule has 0 radical (unpaired) electrons. The molecule has 186 valence electrons. The molecule has 0 bridgehead atoms. The molecule has 0 aliphatic heterocycles. The molecule has 0 spiro atoms. The van der Waals surface area contributed by atoms with Crippen molar-refractivity contribution in [2.45, 2.75) is 80.1 Å². The number of carbonyl (C=O) groups excluding carboxylic acids is 1. The second kappa shape index (κ2) is 10.8. The fraction of sp³-hybridized carbons (Fsp3) is 0.424. The van der Waals surface area contributed by atoms with E-state index in [4.69, 9.17) is 4.74 Å². The summed E-state index contributed by atoms with van der Waals surface area (Å²) in [5.74, 6) is 0.895. The van der Waals surface area contributed by atoms with Crippen LogP contribution in [0.25, 0.3) is 11.1 Å². The van der Waals surface area contributed by atoms with Crippen LogP contribution in [0, 0.1) is 19.3 Å². The number of hydrogen-bond acceptors (Lipinski definition) is 2. The Labute approximate surface area is 212 Å². The molecule has 2 heteroatoms. The van der Waals surface area contributed by atoms with Crippen molar-refractivity contribution >= 4 is 5.78 Å². The van der Waals surface area contributed by atoms with Gasteiger partial charge in [-0.2, -0.15) is 0 Å². The lowest BCUT2D eigenvalue weighted by Gasteiger charge is -2.34. The predicted octanol–water partition coefficient (Wildman–Crippen LogP) is 8.63. The van der Waals surface area contributed by atoms with Crippen LogP contribution in [0.4, 0.5) is 0 Å². The molecule has 0 unspecified atom stereocenters. The van der Waals surface area contributed by atoms with Crippen molar-refractivity contribution in [3.8, 4) is 16.9 Å². The van der Waals surface area contributed by atoms with E-state index in [0.29, 0.717) is 0 Å². The van der Waals surface area contributed by atoms with Crippen molar-refractivity contribution in [1.82, 2.24) is 0 Å². The van der Waals surface area contributed by atoms with Crippen LogP contribution in [-0.2, 0) is 16.6 Å². The molecule has 3 aromatic rings. The summed E-state index contributed by atoms with van der Waals surface area (Å²) in [5, 5.41) is 0. The van der Waals surface area contributed by atoms with Gasteiger partial charge in [0.05, 0.1) is 0 Å². The number of hydrogen-bond donors (Lipinski definition) is 0. The molecular formula is C33H42O2. The Morgan fingerprint density at radius 3 is 1.83 bits per heavy atom. The maximum atomic E-state index is 12.3. The average molecular weight is 471 g/mol. The smallest absolute Gasteiger partial charge is 0.175 e. The van der Waals surface area contributed by atoms with E-state index in [9.17, 15) is 4.79 Å². The van der Waals surface area contributed by atoms with E-state index >= 15 is 0 Å². The summed E-state index contributed by atoms with van der Waals surface area (Å²) in [6.45, 7) is 16.9. The third kappa shape index (κ3) is 5.69. The first kappa shape index (κ1) is 26.7. The summed E-state index contributed by atoms with van der Waals surface area (Å²) in [6, 6.07) is 22.4. The third-order valence-electron chi connectivity index (χ3n) is 7.58. The summed E-state index contributed by atoms with van der Waals surface area (Å²) < 4.78 is 5.92. The zero-order chi connectivity index (χ0) is 25.8. The zero-order valence-corrected chi connectivity index (χ0v) is 22.9. The molecule has 0 saturated heterocycles. The predicted molar refractivity (Wildman–Crippen MR) is 148 cm³/mol. The Balaban J connectivity index is 1.93. The van der Waals surface area contributed by atoms with Crippen LogP contribution in [-0.4, -0.2) is 12.4 Å². The molecule has 0 fully saturated rings. The molecule has 35 heavy (non-hydrogen) atoms. The second-order valence-corrected chi connectivity index (χ2v) is 10.8. The van der Waals surface area contributed by atoms with Crippen LogP contribution >= 0.6 is 0 Å². The molecule has 0 atom stereocenters. The third-order valence-corrected chi connectivity index (χ3v) is 7.58. The van der Waals surface area contributed by atoms with Gasteiger partial charge in [-0.15, -0.1) is 0 Å². The van der Waals surface area contributed by atoms with Crippen molar-refractivity contribution in [3.63, 3.8) is 0 Å². The molecule has 0 aliphatic carbocycles. The summed E-state index contributed by atoms with van der Waals surface area (Å²) in [4.78, 5) is 12.3. The van der Waals surface area contributed by atoms with E-state index in [2.05, 4.69) is 89.2 Å². The Morgan fingerprint density at radius 2 is 1.34 bits per heavy atom. The normalized spacial score (nSPS) is 12.0. The van der Waals surface area contributed by atoms with Gasteiger partial charge in [-0.25, -0.2) is 0 Å². The van der Waals surface area contributed by atoms with Crippen LogP contribution < -0.4 is 4.74 Å². The van der Waals surface area contributed by atoms with E-state index < -0.39 is 5.41 Å². The lowest BCUT2D eigenvalue weighted by Crippen LogP contribution is -2.27. The monoisotopic (exact) mass is 470 g/mol. The van der Waals surface area contributed by atoms with Crippen LogP contribution in [0.15, 0.2) is 60.7 Å². The number of Topliss-reactive ketones (excluding diaryl/α,β-unsaturated/α-hetero) is 1. The highest BCUT2D eigenvalue weighted by molar-refractivity contribution is 5.85. The molecule has 0 aliphatic rings. The van der Waals surface area contributed by atoms with Crippen molar-refractivity contribution in [1.29, 1.82) is 0 Å². The van der Waals surface area contributed by atoms with Crippen molar-refractivity contribution in [2.24, 2.45) is 5.41 Å². The fourth-order valence-electron chi connectivity index (χ4n) is 4.91. The highest BCUT2D eigenvalue weighted by Gasteiger charge is 2.31. The standard InChI is InChI=1S/C33H42O2/c1-9-25-12-14-26(15-13-25)29-18-16-27(20-23(29)4)33(10-2,11-3)28-17-19-30(24(5)21-28)35-22-31(34)32(6,7)8/h12-21H,9-11,22H2,1-8H3. The van der Waals surface area contributed by atoms with E-state index in [-0.39, 0.29) is 17.8 Å². The first-order valence-electron chi connectivity index (χ1n) is 13.0. The largest absolute Gasteiger partial charge is 0.486 e. The Kier molecular flexibility index (Phi) is 8.26. The SMILES string of the molecule is CCc1ccc(-c2ccc(C(CC)(CC)c3ccc(OCC(=O)C(C)(C)C)c(C)c3)cc2C)cc1. The number of aryl methyl sites for hydroxylation is 3. The van der Waals surface area contributed by atoms with Gasteiger partial charge in [0, 0.05) is 10.8 Å². The van der Waals surface area contributed by atoms with Crippen LogP contribution in [0.1, 0.15) is 82.2 Å². The topological polar surface area (TPSA) is 26.3 Å². The Bertz CT molecular complexity index is 1160. The molecule has 0 aromatic heterocycles. The lowest BCUT2D eigenvalue weighted by atomic mass is 9.69. The summed E-state index contributed by atoms with van der Waals surface area (Å²) >= 11 is 0. The van der Waals surface area contributed by atoms with Gasteiger partial charge >= 0.3 is 0 Å². The van der Waals surface area contributed by atoms with Gasteiger partial charge in [-0.3, -0.25) is 4.79 Å². The molecular weight excluding hydrogens is 428 g/mol. The number of ether oxygens (including phenoxy) is 1. The second-order valence-electron chi connectivity index (χ2n) is 10.8. The van der Waals surface area contributed by atoms with E-state index in [1.54, 1.807) is 0 Å². The Hall–Kier alpha value is -2.87. The minimum absolute atomic E-state index is 0.0696. The summed E-state index contributed by atoms with van der Waals surface area (Å²) in [7, 11) is 0. The molecule has 0 saturated carbocycles. The van der Waals surface area contributed by atoms with Crippen LogP contribution in [0.2, 0.25) is 0 Å². The summed E-state index contributed by atoms with van der Waals surface area (Å²) in [6.07, 6.45) is 3.08. The van der Waals surface area contributed by atoms with Gasteiger partial charge in [0.25, 0.3) is 0 Å². The van der Waals surface area contributed by atoms with E-state index in [0.717, 1.165) is 30.6 Å². The van der Waals surface area contributed by atoms with Crippen molar-refractivity contribution < 1.29 is 9.53 Å². The maximum absolute atomic E-state index is 12.3. The highest BCUT2D eigenvalue weighted by Crippen LogP contribution is 2.41. The molecule has 0 amide bonds. The van der Waals surface area contributed by atoms with Crippen LogP contribution in [0.3, 0.4) is 0 Å². The minimum Gasteiger partial charge on any atom is -0.486 e. The van der Waals surface area contributed by atoms with Gasteiger partial charge in [0.2, 0.25) is 0 Å². The number of benzene rings is 3. The Morgan fingerprint density at radius 1 is 0.771 bits per heavy atom. The van der Waals surface area contributed by atoms with E-state index in [1.807, 2.05) is 26.8 Å². The van der Waals surface area contributed by atoms with Crippen LogP contribution in [0.5, 0.6) is 5.75 Å². The van der Waals surface area contributed by atoms with Gasteiger partial charge in [0.15, 0.2) is 5.78 Å². The zero-order valence-electron chi connectivity index (χ0n) is 22.9. The maximum Gasteiger partial charge on any atom is 0.175 e. The average Bonchev–Trinajstić information content (AvgIpc) is 2.84. The minimum atomic E-state index is -0.393. The first-order valence-corrected chi connectivity index (χ1v) is 13.0. The van der Waals surface area contributed by atoms with Gasteiger partial charge in [0.1, 0.15) is 12.4 Å². The fourth-order valence-corrected chi connectivity index (χ4v) is 4.91. The number of rotatable bonds is 9. The molecule has 3 aromatic carbocycles. The molecule has 0 heterocycles. The first-order chi connectivity index (χ1) is 16.6. The lowest BCUT2D eigenvalue weighted by molar-refractivity contribution is -0.128. The van der Waals surface area contributed by atoms with E-state index in [1.165, 1.54) is 33.4 Å². The van der Waals surface area contributed by atoms with Gasteiger partial charge in [-0.05, 0) is 78.1 Å². The molecule has 0 N–H and O–H groups in total. The number of ketones is 1. The highest BCUT2D eigenvalue weighted by atomic mass is 16.5. The van der Waals surface area contributed by atoms with Gasteiger partial charge < -0.3 is 4.74 Å².